The number of allylic oxidation sites excluding steroid dienone is 1. The highest BCUT2D eigenvalue weighted by Crippen LogP contribution is 2.41. The smallest absolute Gasteiger partial charge is 0.338 e. The third-order valence-electron chi connectivity index (χ3n) is 7.10. The van der Waals surface area contributed by atoms with Crippen molar-refractivity contribution in [3.05, 3.63) is 126 Å². The molecule has 0 aliphatic carbocycles. The molecule has 1 aliphatic rings. The Bertz CT molecular complexity index is 2140. The van der Waals surface area contributed by atoms with Gasteiger partial charge in [0.1, 0.15) is 0 Å². The Hall–Kier alpha value is -4.90. The van der Waals surface area contributed by atoms with Gasteiger partial charge in [0.15, 0.2) is 16.3 Å². The molecule has 13 nitrogen and oxygen atoms in total. The first-order chi connectivity index (χ1) is 22.4. The van der Waals surface area contributed by atoms with Crippen LogP contribution in [0.5, 0.6) is 17.2 Å². The van der Waals surface area contributed by atoms with Crippen LogP contribution in [-0.4, -0.2) is 33.6 Å². The molecule has 1 aliphatic heterocycles. The number of esters is 1. The van der Waals surface area contributed by atoms with Crippen LogP contribution in [0.25, 0.3) is 6.08 Å². The van der Waals surface area contributed by atoms with Crippen LogP contribution in [0.15, 0.2) is 75.7 Å². The van der Waals surface area contributed by atoms with E-state index in [0.29, 0.717) is 24.2 Å². The topological polar surface area (TPSA) is 165 Å². The maximum absolute atomic E-state index is 14.0. The Balaban J connectivity index is 1.62. The number of carbonyl (C=O) groups is 1. The number of rotatable bonds is 10. The van der Waals surface area contributed by atoms with Gasteiger partial charge in [0, 0.05) is 6.07 Å². The molecule has 0 unspecified atom stereocenters. The maximum Gasteiger partial charge on any atom is 0.338 e. The van der Waals surface area contributed by atoms with Crippen LogP contribution in [0.3, 0.4) is 0 Å². The molecular weight excluding hydrogens is 743 g/mol. The lowest BCUT2D eigenvalue weighted by Gasteiger charge is -2.24. The van der Waals surface area contributed by atoms with Gasteiger partial charge in [0.05, 0.1) is 54.5 Å². The fourth-order valence-electron chi connectivity index (χ4n) is 5.00. The quantitative estimate of drug-likeness (QED) is 0.0849. The minimum absolute atomic E-state index is 0.164. The summed E-state index contributed by atoms with van der Waals surface area (Å²) >= 11 is 3.15. The van der Waals surface area contributed by atoms with Gasteiger partial charge in [-0.3, -0.25) is 29.6 Å². The maximum atomic E-state index is 14.0. The number of fused-ring (bicyclic) bond motifs is 1. The standard InChI is InChI=1S/C32H27IN4O9S/c1-5-44-25-14-19(13-22(33)29(25)46-24-12-11-21(36(40)41)16-23(24)37(42)43)15-26-30(38)35-28(20-9-7-17(3)8-10-20)27(31(39)45-6-2)18(4)34-32(35)47-26/h7-16,28H,5-6H2,1-4H3/b26-15-/t28-/m0/s1. The minimum Gasteiger partial charge on any atom is -0.490 e. The highest BCUT2D eigenvalue weighted by atomic mass is 127. The van der Waals surface area contributed by atoms with Crippen molar-refractivity contribution in [2.24, 2.45) is 4.99 Å². The average Bonchev–Trinajstić information content (AvgIpc) is 3.32. The van der Waals surface area contributed by atoms with Gasteiger partial charge < -0.3 is 14.2 Å². The second kappa shape index (κ2) is 13.8. The fourth-order valence-corrected chi connectivity index (χ4v) is 6.78. The zero-order chi connectivity index (χ0) is 34.0. The highest BCUT2D eigenvalue weighted by molar-refractivity contribution is 14.1. The molecule has 5 rings (SSSR count). The number of benzene rings is 3. The van der Waals surface area contributed by atoms with Crippen LogP contribution >= 0.6 is 33.9 Å². The number of ether oxygens (including phenoxy) is 3. The fraction of sp³-hybridized carbons (Fsp3) is 0.219. The SMILES string of the molecule is CCOC(=O)C1=C(C)N=c2s/c(=C\c3cc(I)c(Oc4ccc([N+](=O)[O-])cc4[N+](=O)[O-])c(OCC)c3)c(=O)n2[C@H]1c1ccc(C)cc1. The number of hydrogen-bond acceptors (Lipinski definition) is 11. The second-order valence-electron chi connectivity index (χ2n) is 10.2. The summed E-state index contributed by atoms with van der Waals surface area (Å²) in [6, 6.07) is 13.3. The average molecular weight is 771 g/mol. The molecule has 2 heterocycles. The van der Waals surface area contributed by atoms with Crippen molar-refractivity contribution in [1.29, 1.82) is 0 Å². The summed E-state index contributed by atoms with van der Waals surface area (Å²) in [6.45, 7) is 7.53. The van der Waals surface area contributed by atoms with Crippen molar-refractivity contribution in [3.8, 4) is 17.2 Å². The number of hydrogen-bond donors (Lipinski definition) is 0. The monoisotopic (exact) mass is 770 g/mol. The summed E-state index contributed by atoms with van der Waals surface area (Å²) in [7, 11) is 0. The largest absolute Gasteiger partial charge is 0.490 e. The Morgan fingerprint density at radius 2 is 1.74 bits per heavy atom. The lowest BCUT2D eigenvalue weighted by atomic mass is 9.95. The molecular formula is C32H27IN4O9S. The second-order valence-corrected chi connectivity index (χ2v) is 12.4. The lowest BCUT2D eigenvalue weighted by molar-refractivity contribution is -0.394. The van der Waals surface area contributed by atoms with Gasteiger partial charge in [-0.1, -0.05) is 41.2 Å². The molecule has 47 heavy (non-hydrogen) atoms. The van der Waals surface area contributed by atoms with E-state index in [1.807, 2.05) is 53.8 Å². The Morgan fingerprint density at radius 3 is 2.38 bits per heavy atom. The Labute approximate surface area is 284 Å². The number of halogens is 1. The van der Waals surface area contributed by atoms with E-state index in [1.54, 1.807) is 39.0 Å². The Morgan fingerprint density at radius 1 is 1.02 bits per heavy atom. The predicted octanol–water partition coefficient (Wildman–Crippen LogP) is 5.72. The molecule has 0 spiro atoms. The molecule has 0 amide bonds. The van der Waals surface area contributed by atoms with Gasteiger partial charge in [0.2, 0.25) is 5.75 Å². The van der Waals surface area contributed by atoms with Crippen molar-refractivity contribution < 1.29 is 28.9 Å². The molecule has 242 valence electrons. The summed E-state index contributed by atoms with van der Waals surface area (Å²) in [6.07, 6.45) is 1.67. The zero-order valence-corrected chi connectivity index (χ0v) is 28.5. The van der Waals surface area contributed by atoms with E-state index in [1.165, 1.54) is 15.9 Å². The zero-order valence-electron chi connectivity index (χ0n) is 25.5. The first kappa shape index (κ1) is 33.5. The summed E-state index contributed by atoms with van der Waals surface area (Å²) in [4.78, 5) is 53.5. The number of carbonyl (C=O) groups excluding carboxylic acids is 1. The number of non-ortho nitro benzene ring substituents is 1. The predicted molar refractivity (Wildman–Crippen MR) is 182 cm³/mol. The summed E-state index contributed by atoms with van der Waals surface area (Å²) in [5.74, 6) is -0.348. The molecule has 1 atom stereocenters. The van der Waals surface area contributed by atoms with E-state index >= 15 is 0 Å². The van der Waals surface area contributed by atoms with E-state index in [-0.39, 0.29) is 41.6 Å². The van der Waals surface area contributed by atoms with Crippen molar-refractivity contribution in [2.45, 2.75) is 33.7 Å². The molecule has 4 aromatic rings. The Kier molecular flexibility index (Phi) is 9.85. The van der Waals surface area contributed by atoms with E-state index in [9.17, 15) is 29.8 Å². The highest BCUT2D eigenvalue weighted by Gasteiger charge is 2.33. The van der Waals surface area contributed by atoms with Crippen LogP contribution in [0.1, 0.15) is 43.5 Å². The third kappa shape index (κ3) is 6.80. The van der Waals surface area contributed by atoms with Crippen LogP contribution in [-0.2, 0) is 9.53 Å². The van der Waals surface area contributed by atoms with Crippen LogP contribution in [0.2, 0.25) is 0 Å². The molecule has 0 saturated heterocycles. The molecule has 0 N–H and O–H groups in total. The lowest BCUT2D eigenvalue weighted by Crippen LogP contribution is -2.39. The summed E-state index contributed by atoms with van der Waals surface area (Å²) in [5, 5.41) is 22.9. The summed E-state index contributed by atoms with van der Waals surface area (Å²) < 4.78 is 19.4. The first-order valence-corrected chi connectivity index (χ1v) is 16.2. The molecule has 0 fully saturated rings. The number of nitro groups is 2. The van der Waals surface area contributed by atoms with Crippen molar-refractivity contribution >= 4 is 57.3 Å². The van der Waals surface area contributed by atoms with Crippen molar-refractivity contribution in [2.75, 3.05) is 13.2 Å². The minimum atomic E-state index is -0.761. The van der Waals surface area contributed by atoms with E-state index in [4.69, 9.17) is 14.2 Å². The first-order valence-electron chi connectivity index (χ1n) is 14.3. The van der Waals surface area contributed by atoms with E-state index < -0.39 is 33.2 Å². The number of nitrogens with zero attached hydrogens (tertiary/aromatic N) is 4. The van der Waals surface area contributed by atoms with Gasteiger partial charge in [-0.05, 0) is 85.7 Å². The third-order valence-corrected chi connectivity index (χ3v) is 8.89. The van der Waals surface area contributed by atoms with Gasteiger partial charge in [-0.15, -0.1) is 0 Å². The number of thiazole rings is 1. The van der Waals surface area contributed by atoms with Gasteiger partial charge in [0.25, 0.3) is 11.2 Å². The van der Waals surface area contributed by atoms with E-state index in [2.05, 4.69) is 4.99 Å². The molecule has 0 radical (unpaired) electrons. The van der Waals surface area contributed by atoms with Crippen LogP contribution in [0, 0.1) is 30.7 Å². The van der Waals surface area contributed by atoms with Crippen molar-refractivity contribution in [3.63, 3.8) is 0 Å². The summed E-state index contributed by atoms with van der Waals surface area (Å²) in [5.41, 5.74) is 1.68. The number of aromatic nitrogens is 1. The van der Waals surface area contributed by atoms with Crippen LogP contribution in [0.4, 0.5) is 11.4 Å². The van der Waals surface area contributed by atoms with Gasteiger partial charge in [-0.25, -0.2) is 9.79 Å². The molecule has 1 aromatic heterocycles. The number of nitro benzene ring substituents is 2. The molecule has 15 heteroatoms. The van der Waals surface area contributed by atoms with E-state index in [0.717, 1.165) is 29.3 Å². The molecule has 3 aromatic carbocycles. The van der Waals surface area contributed by atoms with Crippen LogP contribution < -0.4 is 24.4 Å². The van der Waals surface area contributed by atoms with Gasteiger partial charge >= 0.3 is 11.7 Å². The van der Waals surface area contributed by atoms with Gasteiger partial charge in [-0.2, -0.15) is 0 Å². The molecule has 0 bridgehead atoms. The number of aryl methyl sites for hydroxylation is 1. The molecule has 0 saturated carbocycles. The normalized spacial score (nSPS) is 14.3. The van der Waals surface area contributed by atoms with Crippen molar-refractivity contribution in [1.82, 2.24) is 4.57 Å².